The Hall–Kier alpha value is -1.43. The third-order valence-corrected chi connectivity index (χ3v) is 4.63. The minimum atomic E-state index is -0.655. The fraction of sp³-hybridized carbons (Fsp3) is 0.0714. The SMILES string of the molecule is OC(c1cnn(-c2ccccc2)c1)c1cscc1Br. The van der Waals surface area contributed by atoms with Gasteiger partial charge in [0.15, 0.2) is 0 Å². The van der Waals surface area contributed by atoms with Gasteiger partial charge < -0.3 is 5.11 Å². The molecule has 3 rings (SSSR count). The van der Waals surface area contributed by atoms with Gasteiger partial charge in [0.2, 0.25) is 0 Å². The molecule has 3 aromatic rings. The Labute approximate surface area is 123 Å². The summed E-state index contributed by atoms with van der Waals surface area (Å²) in [5, 5.41) is 18.5. The minimum absolute atomic E-state index is 0.655. The van der Waals surface area contributed by atoms with Crippen LogP contribution in [0, 0.1) is 0 Å². The zero-order valence-electron chi connectivity index (χ0n) is 9.90. The van der Waals surface area contributed by atoms with Crippen LogP contribution >= 0.6 is 27.3 Å². The molecule has 0 saturated heterocycles. The van der Waals surface area contributed by atoms with E-state index in [-0.39, 0.29) is 0 Å². The van der Waals surface area contributed by atoms with Crippen LogP contribution in [0.2, 0.25) is 0 Å². The van der Waals surface area contributed by atoms with Gasteiger partial charge in [0.25, 0.3) is 0 Å². The molecule has 19 heavy (non-hydrogen) atoms. The van der Waals surface area contributed by atoms with E-state index in [9.17, 15) is 5.11 Å². The van der Waals surface area contributed by atoms with Gasteiger partial charge in [-0.2, -0.15) is 16.4 Å². The van der Waals surface area contributed by atoms with E-state index < -0.39 is 6.10 Å². The zero-order valence-corrected chi connectivity index (χ0v) is 12.3. The molecule has 5 heteroatoms. The van der Waals surface area contributed by atoms with Crippen molar-refractivity contribution in [2.24, 2.45) is 0 Å². The van der Waals surface area contributed by atoms with Gasteiger partial charge in [-0.15, -0.1) is 0 Å². The molecule has 0 aliphatic carbocycles. The highest BCUT2D eigenvalue weighted by Gasteiger charge is 2.16. The maximum absolute atomic E-state index is 10.3. The molecule has 1 unspecified atom stereocenters. The maximum atomic E-state index is 10.3. The molecule has 2 aromatic heterocycles. The first-order valence-electron chi connectivity index (χ1n) is 5.75. The van der Waals surface area contributed by atoms with Gasteiger partial charge in [0.1, 0.15) is 6.10 Å². The van der Waals surface area contributed by atoms with E-state index in [1.165, 1.54) is 0 Å². The van der Waals surface area contributed by atoms with Gasteiger partial charge in [-0.1, -0.05) is 18.2 Å². The third-order valence-electron chi connectivity index (χ3n) is 2.88. The summed E-state index contributed by atoms with van der Waals surface area (Å²) in [6.45, 7) is 0. The van der Waals surface area contributed by atoms with Crippen molar-refractivity contribution in [3.05, 3.63) is 69.1 Å². The van der Waals surface area contributed by atoms with Gasteiger partial charge in [-0.3, -0.25) is 0 Å². The summed E-state index contributed by atoms with van der Waals surface area (Å²) < 4.78 is 2.69. The van der Waals surface area contributed by atoms with Crippen LogP contribution in [-0.4, -0.2) is 14.9 Å². The minimum Gasteiger partial charge on any atom is -0.383 e. The maximum Gasteiger partial charge on any atom is 0.109 e. The average Bonchev–Trinajstić information content (AvgIpc) is 3.08. The quantitative estimate of drug-likeness (QED) is 0.791. The second kappa shape index (κ2) is 5.28. The first kappa shape index (κ1) is 12.6. The normalized spacial score (nSPS) is 12.5. The summed E-state index contributed by atoms with van der Waals surface area (Å²) in [7, 11) is 0. The highest BCUT2D eigenvalue weighted by atomic mass is 79.9. The number of benzene rings is 1. The topological polar surface area (TPSA) is 38.1 Å². The van der Waals surface area contributed by atoms with Gasteiger partial charge in [0, 0.05) is 27.2 Å². The van der Waals surface area contributed by atoms with Crippen LogP contribution in [0.3, 0.4) is 0 Å². The van der Waals surface area contributed by atoms with Crippen molar-refractivity contribution in [2.75, 3.05) is 0 Å². The monoisotopic (exact) mass is 334 g/mol. The number of halogens is 1. The Morgan fingerprint density at radius 2 is 2.00 bits per heavy atom. The molecule has 1 atom stereocenters. The molecule has 0 aliphatic heterocycles. The highest BCUT2D eigenvalue weighted by molar-refractivity contribution is 9.10. The molecular formula is C14H11BrN2OS. The lowest BCUT2D eigenvalue weighted by Gasteiger charge is -2.06. The zero-order chi connectivity index (χ0) is 13.2. The molecule has 0 aliphatic rings. The van der Waals surface area contributed by atoms with Crippen LogP contribution in [0.4, 0.5) is 0 Å². The second-order valence-electron chi connectivity index (χ2n) is 4.13. The molecule has 2 heterocycles. The molecule has 0 spiro atoms. The van der Waals surface area contributed by atoms with Crippen LogP contribution in [0.5, 0.6) is 0 Å². The van der Waals surface area contributed by atoms with Crippen molar-refractivity contribution in [1.82, 2.24) is 9.78 Å². The molecule has 0 radical (unpaired) electrons. The smallest absolute Gasteiger partial charge is 0.109 e. The van der Waals surface area contributed by atoms with Crippen LogP contribution < -0.4 is 0 Å². The molecule has 1 N–H and O–H groups in total. The average molecular weight is 335 g/mol. The van der Waals surface area contributed by atoms with E-state index in [1.54, 1.807) is 22.2 Å². The van der Waals surface area contributed by atoms with Crippen LogP contribution in [0.1, 0.15) is 17.2 Å². The molecule has 1 aromatic carbocycles. The fourth-order valence-corrected chi connectivity index (χ4v) is 3.40. The van der Waals surface area contributed by atoms with Gasteiger partial charge >= 0.3 is 0 Å². The number of hydrogen-bond acceptors (Lipinski definition) is 3. The van der Waals surface area contributed by atoms with Crippen molar-refractivity contribution in [1.29, 1.82) is 0 Å². The number of aliphatic hydroxyl groups is 1. The van der Waals surface area contributed by atoms with Crippen molar-refractivity contribution in [2.45, 2.75) is 6.10 Å². The third kappa shape index (κ3) is 2.49. The Balaban J connectivity index is 1.92. The molecule has 0 bridgehead atoms. The summed E-state index contributed by atoms with van der Waals surface area (Å²) >= 11 is 5.00. The number of para-hydroxylation sites is 1. The Morgan fingerprint density at radius 1 is 1.21 bits per heavy atom. The Bertz CT molecular complexity index is 678. The van der Waals surface area contributed by atoms with Crippen LogP contribution in [0.25, 0.3) is 5.69 Å². The van der Waals surface area contributed by atoms with E-state index in [2.05, 4.69) is 21.0 Å². The summed E-state index contributed by atoms with van der Waals surface area (Å²) in [5.74, 6) is 0. The van der Waals surface area contributed by atoms with E-state index >= 15 is 0 Å². The molecule has 0 fully saturated rings. The summed E-state index contributed by atoms with van der Waals surface area (Å²) in [6.07, 6.45) is 2.89. The molecule has 3 nitrogen and oxygen atoms in total. The van der Waals surface area contributed by atoms with E-state index in [1.807, 2.05) is 47.3 Å². The summed E-state index contributed by atoms with van der Waals surface area (Å²) in [6, 6.07) is 9.84. The van der Waals surface area contributed by atoms with Gasteiger partial charge in [0.05, 0.1) is 11.9 Å². The standard InChI is InChI=1S/C14H11BrN2OS/c15-13-9-19-8-12(13)14(18)10-6-16-17(7-10)11-4-2-1-3-5-11/h1-9,14,18H. The number of hydrogen-bond donors (Lipinski definition) is 1. The van der Waals surface area contributed by atoms with E-state index in [0.29, 0.717) is 0 Å². The number of thiophene rings is 1. The van der Waals surface area contributed by atoms with Crippen molar-refractivity contribution >= 4 is 27.3 Å². The molecular weight excluding hydrogens is 324 g/mol. The predicted octanol–water partition coefficient (Wildman–Crippen LogP) is 3.78. The van der Waals surface area contributed by atoms with Crippen molar-refractivity contribution < 1.29 is 5.11 Å². The first-order valence-corrected chi connectivity index (χ1v) is 7.49. The lowest BCUT2D eigenvalue weighted by molar-refractivity contribution is 0.220. The van der Waals surface area contributed by atoms with Gasteiger partial charge in [-0.25, -0.2) is 4.68 Å². The summed E-state index contributed by atoms with van der Waals surface area (Å²) in [5.41, 5.74) is 2.63. The Morgan fingerprint density at radius 3 is 2.68 bits per heavy atom. The molecule has 96 valence electrons. The van der Waals surface area contributed by atoms with Crippen LogP contribution in [0.15, 0.2) is 58.0 Å². The van der Waals surface area contributed by atoms with Gasteiger partial charge in [-0.05, 0) is 33.4 Å². The number of nitrogens with zero attached hydrogens (tertiary/aromatic N) is 2. The number of aliphatic hydroxyl groups excluding tert-OH is 1. The largest absolute Gasteiger partial charge is 0.383 e. The first-order chi connectivity index (χ1) is 9.25. The number of rotatable bonds is 3. The Kier molecular flexibility index (Phi) is 3.50. The lowest BCUT2D eigenvalue weighted by Crippen LogP contribution is -1.97. The lowest BCUT2D eigenvalue weighted by atomic mass is 10.1. The fourth-order valence-electron chi connectivity index (χ4n) is 1.87. The summed E-state index contributed by atoms with van der Waals surface area (Å²) in [4.78, 5) is 0. The van der Waals surface area contributed by atoms with E-state index in [4.69, 9.17) is 0 Å². The number of aromatic nitrogens is 2. The predicted molar refractivity (Wildman–Crippen MR) is 79.6 cm³/mol. The van der Waals surface area contributed by atoms with Crippen molar-refractivity contribution in [3.8, 4) is 5.69 Å². The second-order valence-corrected chi connectivity index (χ2v) is 5.73. The molecule has 0 amide bonds. The van der Waals surface area contributed by atoms with E-state index in [0.717, 1.165) is 21.3 Å². The highest BCUT2D eigenvalue weighted by Crippen LogP contribution is 2.31. The van der Waals surface area contributed by atoms with Crippen LogP contribution in [-0.2, 0) is 0 Å². The van der Waals surface area contributed by atoms with Crippen molar-refractivity contribution in [3.63, 3.8) is 0 Å². The molecule has 0 saturated carbocycles.